The summed E-state index contributed by atoms with van der Waals surface area (Å²) in [6, 6.07) is 1.60. The monoisotopic (exact) mass is 364 g/mol. The maximum Gasteiger partial charge on any atom is 0.413 e. The minimum atomic E-state index is -1.33. The van der Waals surface area contributed by atoms with Gasteiger partial charge in [0.2, 0.25) is 0 Å². The number of anilines is 1. The summed E-state index contributed by atoms with van der Waals surface area (Å²) in [6.45, 7) is 10.6. The van der Waals surface area contributed by atoms with E-state index in [-0.39, 0.29) is 18.8 Å². The van der Waals surface area contributed by atoms with E-state index in [2.05, 4.69) is 16.9 Å². The molecule has 2 N–H and O–H groups in total. The van der Waals surface area contributed by atoms with Crippen molar-refractivity contribution < 1.29 is 29.0 Å². The van der Waals surface area contributed by atoms with E-state index >= 15 is 0 Å². The molecule has 0 saturated carbocycles. The summed E-state index contributed by atoms with van der Waals surface area (Å²) in [5, 5.41) is 11.7. The van der Waals surface area contributed by atoms with Crippen molar-refractivity contribution in [2.45, 2.75) is 39.7 Å². The van der Waals surface area contributed by atoms with Crippen LogP contribution in [0.1, 0.15) is 38.8 Å². The quantitative estimate of drug-likeness (QED) is 0.564. The van der Waals surface area contributed by atoms with Crippen LogP contribution in [0.15, 0.2) is 18.8 Å². The first-order valence-electron chi connectivity index (χ1n) is 8.08. The molecule has 1 heterocycles. The smallest absolute Gasteiger partial charge is 0.413 e. The molecule has 0 aliphatic rings. The van der Waals surface area contributed by atoms with Gasteiger partial charge in [0.25, 0.3) is 0 Å². The van der Waals surface area contributed by atoms with E-state index in [9.17, 15) is 19.5 Å². The Morgan fingerprint density at radius 2 is 2.04 bits per heavy atom. The number of ether oxygens (including phenoxy) is 2. The molecule has 1 amide bonds. The second-order valence-corrected chi connectivity index (χ2v) is 6.46. The van der Waals surface area contributed by atoms with Crippen molar-refractivity contribution in [1.82, 2.24) is 4.98 Å². The molecule has 1 atom stereocenters. The standard InChI is InChI=1S/C18H24N2O6/c1-6-12-8-11(9-13(15(21)22)16(23)25-7-2)10-19-14(12)20-17(24)26-18(3,4)5/h6,8,10,13H,1,7,9H2,2-5H3,(H,21,22)(H,19,20,24). The van der Waals surface area contributed by atoms with Gasteiger partial charge in [-0.1, -0.05) is 12.7 Å². The fourth-order valence-electron chi connectivity index (χ4n) is 2.05. The van der Waals surface area contributed by atoms with E-state index in [0.29, 0.717) is 11.1 Å². The number of carboxylic acid groups (broad SMARTS) is 1. The van der Waals surface area contributed by atoms with Crippen LogP contribution >= 0.6 is 0 Å². The number of carbonyl (C=O) groups is 3. The summed E-state index contributed by atoms with van der Waals surface area (Å²) in [5.41, 5.74) is 0.309. The number of pyridine rings is 1. The van der Waals surface area contributed by atoms with Gasteiger partial charge in [0, 0.05) is 11.8 Å². The number of hydrogen-bond donors (Lipinski definition) is 2. The van der Waals surface area contributed by atoms with Crippen LogP contribution in [-0.4, -0.2) is 40.3 Å². The van der Waals surface area contributed by atoms with E-state index in [4.69, 9.17) is 9.47 Å². The van der Waals surface area contributed by atoms with Gasteiger partial charge in [0.05, 0.1) is 6.61 Å². The van der Waals surface area contributed by atoms with Gasteiger partial charge in [0.15, 0.2) is 5.92 Å². The summed E-state index contributed by atoms with van der Waals surface area (Å²) in [5.74, 6) is -3.20. The molecule has 1 aromatic rings. The lowest BCUT2D eigenvalue weighted by Crippen LogP contribution is -2.28. The average molecular weight is 364 g/mol. The number of nitrogens with zero attached hydrogens (tertiary/aromatic N) is 1. The fraction of sp³-hybridized carbons (Fsp3) is 0.444. The van der Waals surface area contributed by atoms with Crippen LogP contribution in [0.4, 0.5) is 10.6 Å². The molecule has 0 radical (unpaired) electrons. The number of carboxylic acids is 1. The Morgan fingerprint density at radius 3 is 2.54 bits per heavy atom. The minimum absolute atomic E-state index is 0.0886. The molecule has 0 spiro atoms. The second kappa shape index (κ2) is 8.98. The number of aliphatic carboxylic acids is 1. The first-order chi connectivity index (χ1) is 12.1. The maximum atomic E-state index is 11.9. The van der Waals surface area contributed by atoms with Crippen molar-refractivity contribution >= 4 is 29.9 Å². The van der Waals surface area contributed by atoms with E-state index in [1.165, 1.54) is 12.3 Å². The van der Waals surface area contributed by atoms with Crippen molar-refractivity contribution in [3.05, 3.63) is 30.0 Å². The second-order valence-electron chi connectivity index (χ2n) is 6.46. The highest BCUT2D eigenvalue weighted by atomic mass is 16.6. The first-order valence-corrected chi connectivity index (χ1v) is 8.08. The van der Waals surface area contributed by atoms with Crippen LogP contribution in [0.2, 0.25) is 0 Å². The van der Waals surface area contributed by atoms with Gasteiger partial charge in [-0.05, 0) is 45.7 Å². The van der Waals surface area contributed by atoms with Crippen molar-refractivity contribution in [2.24, 2.45) is 5.92 Å². The van der Waals surface area contributed by atoms with E-state index in [1.54, 1.807) is 33.8 Å². The first kappa shape index (κ1) is 21.1. The lowest BCUT2D eigenvalue weighted by molar-refractivity contribution is -0.158. The van der Waals surface area contributed by atoms with Crippen LogP contribution in [0.25, 0.3) is 6.08 Å². The molecule has 0 bridgehead atoms. The summed E-state index contributed by atoms with van der Waals surface area (Å²) in [6.07, 6.45) is 2.09. The number of hydrogen-bond acceptors (Lipinski definition) is 6. The predicted octanol–water partition coefficient (Wildman–Crippen LogP) is 2.88. The average Bonchev–Trinajstić information content (AvgIpc) is 2.51. The molecule has 8 heteroatoms. The highest BCUT2D eigenvalue weighted by molar-refractivity contribution is 5.94. The maximum absolute atomic E-state index is 11.9. The van der Waals surface area contributed by atoms with E-state index in [0.717, 1.165) is 0 Å². The van der Waals surface area contributed by atoms with Crippen LogP contribution in [-0.2, 0) is 25.5 Å². The molecule has 0 aliphatic heterocycles. The van der Waals surface area contributed by atoms with Gasteiger partial charge in [-0.15, -0.1) is 0 Å². The summed E-state index contributed by atoms with van der Waals surface area (Å²) < 4.78 is 9.95. The third kappa shape index (κ3) is 6.54. The summed E-state index contributed by atoms with van der Waals surface area (Å²) in [4.78, 5) is 39.0. The van der Waals surface area contributed by atoms with Crippen LogP contribution < -0.4 is 5.32 Å². The third-order valence-corrected chi connectivity index (χ3v) is 3.12. The summed E-state index contributed by atoms with van der Waals surface area (Å²) >= 11 is 0. The number of nitrogens with one attached hydrogen (secondary N) is 1. The molecule has 0 aromatic carbocycles. The number of amides is 1. The molecule has 0 fully saturated rings. The topological polar surface area (TPSA) is 115 Å². The van der Waals surface area contributed by atoms with Crippen molar-refractivity contribution in [1.29, 1.82) is 0 Å². The van der Waals surface area contributed by atoms with Crippen molar-refractivity contribution in [3.63, 3.8) is 0 Å². The lowest BCUT2D eigenvalue weighted by atomic mass is 9.99. The fourth-order valence-corrected chi connectivity index (χ4v) is 2.05. The zero-order valence-electron chi connectivity index (χ0n) is 15.4. The van der Waals surface area contributed by atoms with Crippen LogP contribution in [0, 0.1) is 5.92 Å². The molecule has 8 nitrogen and oxygen atoms in total. The number of rotatable bonds is 7. The Morgan fingerprint density at radius 1 is 1.38 bits per heavy atom. The zero-order chi connectivity index (χ0) is 19.9. The zero-order valence-corrected chi connectivity index (χ0v) is 15.4. The molecular formula is C18H24N2O6. The van der Waals surface area contributed by atoms with E-state index in [1.807, 2.05) is 0 Å². The number of esters is 1. The molecule has 1 rings (SSSR count). The largest absolute Gasteiger partial charge is 0.481 e. The van der Waals surface area contributed by atoms with Crippen molar-refractivity contribution in [3.8, 4) is 0 Å². The Bertz CT molecular complexity index is 693. The van der Waals surface area contributed by atoms with Gasteiger partial charge >= 0.3 is 18.0 Å². The minimum Gasteiger partial charge on any atom is -0.481 e. The van der Waals surface area contributed by atoms with Gasteiger partial charge < -0.3 is 14.6 Å². The van der Waals surface area contributed by atoms with Gasteiger partial charge in [-0.2, -0.15) is 0 Å². The highest BCUT2D eigenvalue weighted by Gasteiger charge is 2.28. The molecule has 26 heavy (non-hydrogen) atoms. The summed E-state index contributed by atoms with van der Waals surface area (Å²) in [7, 11) is 0. The van der Waals surface area contributed by atoms with Gasteiger partial charge in [-0.3, -0.25) is 14.9 Å². The molecule has 0 saturated heterocycles. The highest BCUT2D eigenvalue weighted by Crippen LogP contribution is 2.20. The van der Waals surface area contributed by atoms with E-state index < -0.39 is 29.6 Å². The predicted molar refractivity (Wildman–Crippen MR) is 95.6 cm³/mol. The van der Waals surface area contributed by atoms with Gasteiger partial charge in [-0.25, -0.2) is 9.78 Å². The molecule has 142 valence electrons. The normalized spacial score (nSPS) is 12.0. The molecule has 0 aliphatic carbocycles. The Hall–Kier alpha value is -2.90. The number of carbonyl (C=O) groups excluding carboxylic acids is 2. The molecular weight excluding hydrogens is 340 g/mol. The Kier molecular flexibility index (Phi) is 7.30. The Balaban J connectivity index is 2.97. The van der Waals surface area contributed by atoms with Gasteiger partial charge in [0.1, 0.15) is 11.4 Å². The lowest BCUT2D eigenvalue weighted by Gasteiger charge is -2.20. The molecule has 1 aromatic heterocycles. The van der Waals surface area contributed by atoms with Crippen LogP contribution in [0.3, 0.4) is 0 Å². The number of aromatic nitrogens is 1. The Labute approximate surface area is 152 Å². The van der Waals surface area contributed by atoms with Crippen LogP contribution in [0.5, 0.6) is 0 Å². The third-order valence-electron chi connectivity index (χ3n) is 3.12. The van der Waals surface area contributed by atoms with Crippen molar-refractivity contribution in [2.75, 3.05) is 11.9 Å². The SMILES string of the molecule is C=Cc1cc(CC(C(=O)O)C(=O)OCC)cnc1NC(=O)OC(C)(C)C. The molecule has 1 unspecified atom stereocenters.